The lowest BCUT2D eigenvalue weighted by Crippen LogP contribution is -2.00. The molecule has 0 aliphatic rings. The number of rotatable bonds is 5. The topological polar surface area (TPSA) is 65.5 Å². The summed E-state index contributed by atoms with van der Waals surface area (Å²) < 4.78 is 29.8. The van der Waals surface area contributed by atoms with Gasteiger partial charge in [0.25, 0.3) is 0 Å². The van der Waals surface area contributed by atoms with Gasteiger partial charge in [-0.15, -0.1) is 0 Å². The Labute approximate surface area is 138 Å². The summed E-state index contributed by atoms with van der Waals surface area (Å²) >= 11 is 0. The van der Waals surface area contributed by atoms with Gasteiger partial charge in [-0.05, 0) is 12.1 Å². The van der Waals surface area contributed by atoms with E-state index in [1.165, 1.54) is 33.7 Å². The van der Waals surface area contributed by atoms with Gasteiger partial charge in [-0.3, -0.25) is 0 Å². The van der Waals surface area contributed by atoms with E-state index in [-0.39, 0.29) is 5.52 Å². The van der Waals surface area contributed by atoms with E-state index < -0.39 is 5.82 Å². The monoisotopic (exact) mass is 329 g/mol. The molecule has 0 unspecified atom stereocenters. The summed E-state index contributed by atoms with van der Waals surface area (Å²) in [6, 6.07) is 8.21. The van der Waals surface area contributed by atoms with E-state index in [0.717, 1.165) is 0 Å². The second-order valence-corrected chi connectivity index (χ2v) is 4.90. The second kappa shape index (κ2) is 6.57. The summed E-state index contributed by atoms with van der Waals surface area (Å²) in [4.78, 5) is 8.18. The average molecular weight is 329 g/mol. The van der Waals surface area contributed by atoms with Crippen molar-refractivity contribution >= 4 is 22.4 Å². The van der Waals surface area contributed by atoms with Gasteiger partial charge in [0.15, 0.2) is 11.5 Å². The van der Waals surface area contributed by atoms with Crippen LogP contribution in [0.2, 0.25) is 0 Å². The minimum atomic E-state index is -0.400. The molecule has 0 radical (unpaired) electrons. The number of nitrogens with one attached hydrogen (secondary N) is 1. The van der Waals surface area contributed by atoms with E-state index in [1.54, 1.807) is 24.3 Å². The van der Waals surface area contributed by atoms with Gasteiger partial charge >= 0.3 is 0 Å². The predicted octanol–water partition coefficient (Wildman–Crippen LogP) is 3.54. The predicted molar refractivity (Wildman–Crippen MR) is 88.9 cm³/mol. The largest absolute Gasteiger partial charge is 0.493 e. The zero-order valence-corrected chi connectivity index (χ0v) is 13.5. The number of hydrogen-bond donors (Lipinski definition) is 1. The number of halogens is 1. The molecule has 1 aromatic heterocycles. The van der Waals surface area contributed by atoms with Gasteiger partial charge in [0.1, 0.15) is 23.5 Å². The van der Waals surface area contributed by atoms with Gasteiger partial charge in [-0.2, -0.15) is 0 Å². The normalized spacial score (nSPS) is 10.5. The number of hydrogen-bond acceptors (Lipinski definition) is 6. The number of anilines is 2. The van der Waals surface area contributed by atoms with Crippen molar-refractivity contribution in [1.82, 2.24) is 9.97 Å². The summed E-state index contributed by atoms with van der Waals surface area (Å²) in [7, 11) is 4.61. The van der Waals surface area contributed by atoms with Gasteiger partial charge in [-0.25, -0.2) is 14.4 Å². The molecule has 0 saturated heterocycles. The van der Waals surface area contributed by atoms with Crippen LogP contribution in [0.15, 0.2) is 36.7 Å². The fraction of sp³-hybridized carbons (Fsp3) is 0.176. The van der Waals surface area contributed by atoms with E-state index in [9.17, 15) is 4.39 Å². The Morgan fingerprint density at radius 2 is 1.67 bits per heavy atom. The van der Waals surface area contributed by atoms with Crippen LogP contribution in [0.4, 0.5) is 15.9 Å². The van der Waals surface area contributed by atoms with Crippen LogP contribution in [0.3, 0.4) is 0 Å². The Balaban J connectivity index is 2.07. The highest BCUT2D eigenvalue weighted by Crippen LogP contribution is 2.40. The lowest BCUT2D eigenvalue weighted by atomic mass is 10.2. The Morgan fingerprint density at radius 3 is 2.29 bits per heavy atom. The third-order valence-electron chi connectivity index (χ3n) is 3.54. The molecule has 2 aromatic carbocycles. The van der Waals surface area contributed by atoms with Crippen molar-refractivity contribution in [3.63, 3.8) is 0 Å². The summed E-state index contributed by atoms with van der Waals surface area (Å²) in [5.41, 5.74) is 0.913. The molecule has 0 amide bonds. The molecule has 24 heavy (non-hydrogen) atoms. The van der Waals surface area contributed by atoms with Gasteiger partial charge in [0.2, 0.25) is 5.75 Å². The molecule has 0 aliphatic carbocycles. The van der Waals surface area contributed by atoms with Crippen LogP contribution in [-0.2, 0) is 0 Å². The summed E-state index contributed by atoms with van der Waals surface area (Å²) in [5.74, 6) is 1.58. The number of para-hydroxylation sites is 1. The minimum Gasteiger partial charge on any atom is -0.493 e. The smallest absolute Gasteiger partial charge is 0.203 e. The minimum absolute atomic E-state index is 0.252. The van der Waals surface area contributed by atoms with Crippen LogP contribution in [0.5, 0.6) is 17.2 Å². The molecule has 0 bridgehead atoms. The van der Waals surface area contributed by atoms with Gasteiger partial charge in [0.05, 0.1) is 21.3 Å². The van der Waals surface area contributed by atoms with Crippen molar-refractivity contribution in [2.24, 2.45) is 0 Å². The zero-order valence-electron chi connectivity index (χ0n) is 13.5. The molecule has 7 heteroatoms. The molecule has 1 heterocycles. The Morgan fingerprint density at radius 1 is 0.958 bits per heavy atom. The fourth-order valence-corrected chi connectivity index (χ4v) is 2.44. The quantitative estimate of drug-likeness (QED) is 0.772. The van der Waals surface area contributed by atoms with E-state index >= 15 is 0 Å². The van der Waals surface area contributed by atoms with Gasteiger partial charge < -0.3 is 19.5 Å². The van der Waals surface area contributed by atoms with E-state index in [1.807, 2.05) is 0 Å². The molecule has 3 aromatic rings. The summed E-state index contributed by atoms with van der Waals surface area (Å²) in [6.07, 6.45) is 1.31. The molecule has 0 spiro atoms. The first-order valence-corrected chi connectivity index (χ1v) is 7.14. The van der Waals surface area contributed by atoms with Crippen molar-refractivity contribution in [1.29, 1.82) is 0 Å². The highest BCUT2D eigenvalue weighted by molar-refractivity contribution is 5.91. The second-order valence-electron chi connectivity index (χ2n) is 4.90. The molecule has 0 aliphatic heterocycles. The maximum Gasteiger partial charge on any atom is 0.203 e. The number of benzene rings is 2. The molecule has 0 atom stereocenters. The van der Waals surface area contributed by atoms with Crippen molar-refractivity contribution in [2.45, 2.75) is 0 Å². The van der Waals surface area contributed by atoms with Crippen LogP contribution in [-0.4, -0.2) is 31.3 Å². The first-order chi connectivity index (χ1) is 11.7. The molecule has 1 N–H and O–H groups in total. The van der Waals surface area contributed by atoms with Gasteiger partial charge in [0, 0.05) is 23.2 Å². The highest BCUT2D eigenvalue weighted by Gasteiger charge is 2.14. The van der Waals surface area contributed by atoms with E-state index in [0.29, 0.717) is 34.1 Å². The average Bonchev–Trinajstić information content (AvgIpc) is 2.61. The molecule has 124 valence electrons. The summed E-state index contributed by atoms with van der Waals surface area (Å²) in [6.45, 7) is 0. The molecule has 6 nitrogen and oxygen atoms in total. The van der Waals surface area contributed by atoms with Crippen LogP contribution < -0.4 is 19.5 Å². The maximum absolute atomic E-state index is 13.9. The number of nitrogens with zero attached hydrogens (tertiary/aromatic N) is 2. The number of ether oxygens (including phenoxy) is 3. The Hall–Kier alpha value is -3.09. The highest BCUT2D eigenvalue weighted by atomic mass is 19.1. The van der Waals surface area contributed by atoms with Crippen LogP contribution in [0, 0.1) is 5.82 Å². The van der Waals surface area contributed by atoms with Crippen molar-refractivity contribution < 1.29 is 18.6 Å². The lowest BCUT2D eigenvalue weighted by molar-refractivity contribution is 0.324. The number of aromatic nitrogens is 2. The lowest BCUT2D eigenvalue weighted by Gasteiger charge is -2.15. The van der Waals surface area contributed by atoms with Crippen molar-refractivity contribution in [3.8, 4) is 17.2 Å². The van der Waals surface area contributed by atoms with Gasteiger partial charge in [-0.1, -0.05) is 6.07 Å². The van der Waals surface area contributed by atoms with Crippen LogP contribution in [0.25, 0.3) is 10.9 Å². The Kier molecular flexibility index (Phi) is 4.33. The first-order valence-electron chi connectivity index (χ1n) is 7.14. The molecule has 0 saturated carbocycles. The van der Waals surface area contributed by atoms with Crippen molar-refractivity contribution in [2.75, 3.05) is 26.6 Å². The Bertz CT molecular complexity index is 861. The third-order valence-corrected chi connectivity index (χ3v) is 3.54. The zero-order chi connectivity index (χ0) is 17.1. The number of methoxy groups -OCH3 is 3. The van der Waals surface area contributed by atoms with Crippen LogP contribution >= 0.6 is 0 Å². The molecule has 0 fully saturated rings. The molecular formula is C17H16FN3O3. The SMILES string of the molecule is COc1cc(Nc2ncnc3c(F)cccc23)cc(OC)c1OC. The van der Waals surface area contributed by atoms with E-state index in [4.69, 9.17) is 14.2 Å². The van der Waals surface area contributed by atoms with E-state index in [2.05, 4.69) is 15.3 Å². The fourth-order valence-electron chi connectivity index (χ4n) is 2.44. The molecular weight excluding hydrogens is 313 g/mol. The number of fused-ring (bicyclic) bond motifs is 1. The standard InChI is InChI=1S/C17H16FN3O3/c1-22-13-7-10(8-14(23-2)16(13)24-3)21-17-11-5-4-6-12(18)15(11)19-9-20-17/h4-9H,1-3H3,(H,19,20,21). The van der Waals surface area contributed by atoms with Crippen LogP contribution in [0.1, 0.15) is 0 Å². The summed E-state index contributed by atoms with van der Waals surface area (Å²) in [5, 5.41) is 3.72. The van der Waals surface area contributed by atoms with Crippen molar-refractivity contribution in [3.05, 3.63) is 42.5 Å². The maximum atomic E-state index is 13.9. The molecule has 3 rings (SSSR count). The first kappa shape index (κ1) is 15.8. The third kappa shape index (κ3) is 2.76.